The second-order valence-corrected chi connectivity index (χ2v) is 7.15. The minimum Gasteiger partial charge on any atom is -0.281 e. The van der Waals surface area contributed by atoms with Gasteiger partial charge in [-0.05, 0) is 36.8 Å². The van der Waals surface area contributed by atoms with Crippen molar-refractivity contribution in [2.75, 3.05) is 0 Å². The average Bonchev–Trinajstić information content (AvgIpc) is 2.85. The molecule has 20 heavy (non-hydrogen) atoms. The van der Waals surface area contributed by atoms with Crippen LogP contribution in [-0.4, -0.2) is 10.2 Å². The van der Waals surface area contributed by atoms with Gasteiger partial charge in [0.1, 0.15) is 0 Å². The number of fused-ring (bicyclic) bond motifs is 1. The summed E-state index contributed by atoms with van der Waals surface area (Å²) >= 11 is 3.50. The van der Waals surface area contributed by atoms with E-state index in [9.17, 15) is 0 Å². The van der Waals surface area contributed by atoms with E-state index < -0.39 is 0 Å². The second-order valence-electron chi connectivity index (χ2n) is 6.24. The Hall–Kier alpha value is -1.09. The van der Waals surface area contributed by atoms with Crippen molar-refractivity contribution in [1.82, 2.24) is 10.2 Å². The summed E-state index contributed by atoms with van der Waals surface area (Å²) in [7, 11) is 0. The van der Waals surface area contributed by atoms with E-state index >= 15 is 0 Å². The van der Waals surface area contributed by atoms with Crippen molar-refractivity contribution in [3.8, 4) is 11.3 Å². The molecule has 0 aliphatic heterocycles. The van der Waals surface area contributed by atoms with Crippen LogP contribution in [0.25, 0.3) is 11.3 Å². The molecule has 0 radical (unpaired) electrons. The lowest BCUT2D eigenvalue weighted by atomic mass is 9.75. The number of benzene rings is 1. The topological polar surface area (TPSA) is 28.7 Å². The van der Waals surface area contributed by atoms with Crippen LogP contribution >= 0.6 is 15.9 Å². The van der Waals surface area contributed by atoms with Crippen LogP contribution < -0.4 is 0 Å². The molecule has 0 unspecified atom stereocenters. The average molecular weight is 333 g/mol. The van der Waals surface area contributed by atoms with Gasteiger partial charge in [0.05, 0.1) is 5.69 Å². The number of aromatic nitrogens is 2. The Balaban J connectivity index is 2.08. The molecule has 0 bridgehead atoms. The second kappa shape index (κ2) is 5.36. The normalized spacial score (nSPS) is 22.1. The van der Waals surface area contributed by atoms with Crippen molar-refractivity contribution in [1.29, 1.82) is 0 Å². The Bertz CT molecular complexity index is 598. The molecular formula is C17H21BrN2. The lowest BCUT2D eigenvalue weighted by Gasteiger charge is -2.29. The van der Waals surface area contributed by atoms with Crippen LogP contribution in [0.5, 0.6) is 0 Å². The molecule has 0 amide bonds. The SMILES string of the molecule is CC(C)[C@@H]1CC[C@H](C)c2c(-c3ccc(Br)cc3)n[nH]c21. The molecular weight excluding hydrogens is 312 g/mol. The van der Waals surface area contributed by atoms with Gasteiger partial charge in [-0.25, -0.2) is 0 Å². The van der Waals surface area contributed by atoms with Crippen molar-refractivity contribution < 1.29 is 0 Å². The molecule has 1 aromatic heterocycles. The molecule has 0 spiro atoms. The van der Waals surface area contributed by atoms with Gasteiger partial charge in [0, 0.05) is 27.2 Å². The first-order valence-electron chi connectivity index (χ1n) is 7.42. The highest BCUT2D eigenvalue weighted by atomic mass is 79.9. The number of nitrogens with zero attached hydrogens (tertiary/aromatic N) is 1. The minimum absolute atomic E-state index is 0.595. The first-order chi connectivity index (χ1) is 9.58. The summed E-state index contributed by atoms with van der Waals surface area (Å²) in [6.07, 6.45) is 2.53. The highest BCUT2D eigenvalue weighted by molar-refractivity contribution is 9.10. The quantitative estimate of drug-likeness (QED) is 0.775. The number of H-pyrrole nitrogens is 1. The van der Waals surface area contributed by atoms with Crippen molar-refractivity contribution >= 4 is 15.9 Å². The van der Waals surface area contributed by atoms with Gasteiger partial charge >= 0.3 is 0 Å². The lowest BCUT2D eigenvalue weighted by molar-refractivity contribution is 0.403. The molecule has 1 aliphatic rings. The van der Waals surface area contributed by atoms with Crippen molar-refractivity contribution in [2.24, 2.45) is 5.92 Å². The molecule has 0 saturated carbocycles. The van der Waals surface area contributed by atoms with Crippen molar-refractivity contribution in [2.45, 2.75) is 45.4 Å². The Morgan fingerprint density at radius 3 is 2.55 bits per heavy atom. The van der Waals surface area contributed by atoms with E-state index in [1.165, 1.54) is 29.7 Å². The summed E-state index contributed by atoms with van der Waals surface area (Å²) in [6, 6.07) is 8.46. The Morgan fingerprint density at radius 2 is 1.90 bits per heavy atom. The third kappa shape index (κ3) is 2.32. The molecule has 0 fully saturated rings. The molecule has 2 aromatic rings. The van der Waals surface area contributed by atoms with Gasteiger partial charge in [-0.15, -0.1) is 0 Å². The summed E-state index contributed by atoms with van der Waals surface area (Å²) < 4.78 is 1.11. The largest absolute Gasteiger partial charge is 0.281 e. The maximum absolute atomic E-state index is 4.64. The van der Waals surface area contributed by atoms with Gasteiger partial charge in [0.25, 0.3) is 0 Å². The number of hydrogen-bond donors (Lipinski definition) is 1. The van der Waals surface area contributed by atoms with E-state index in [2.05, 4.69) is 71.2 Å². The fourth-order valence-electron chi connectivity index (χ4n) is 3.36. The molecule has 0 saturated heterocycles. The maximum Gasteiger partial charge on any atom is 0.0958 e. The third-order valence-corrected chi connectivity index (χ3v) is 5.06. The third-order valence-electron chi connectivity index (χ3n) is 4.53. The fourth-order valence-corrected chi connectivity index (χ4v) is 3.62. The van der Waals surface area contributed by atoms with Crippen LogP contribution in [0.2, 0.25) is 0 Å². The molecule has 1 N–H and O–H groups in total. The van der Waals surface area contributed by atoms with E-state index in [1.54, 1.807) is 0 Å². The first-order valence-corrected chi connectivity index (χ1v) is 8.21. The van der Waals surface area contributed by atoms with Gasteiger partial charge in [-0.1, -0.05) is 48.8 Å². The standard InChI is InChI=1S/C17H21BrN2/c1-10(2)14-9-4-11(3)15-16(19-20-17(14)15)12-5-7-13(18)8-6-12/h5-8,10-11,14H,4,9H2,1-3H3,(H,19,20)/t11-,14-/m0/s1. The van der Waals surface area contributed by atoms with E-state index in [0.717, 1.165) is 10.2 Å². The molecule has 1 aromatic carbocycles. The predicted octanol–water partition coefficient (Wildman–Crippen LogP) is 5.48. The first kappa shape index (κ1) is 13.9. The molecule has 2 atom stereocenters. The molecule has 106 valence electrons. The summed E-state index contributed by atoms with van der Waals surface area (Å²) in [6.45, 7) is 6.95. The molecule has 2 nitrogen and oxygen atoms in total. The van der Waals surface area contributed by atoms with Gasteiger partial charge in [-0.2, -0.15) is 5.10 Å². The van der Waals surface area contributed by atoms with E-state index in [1.807, 2.05) is 0 Å². The van der Waals surface area contributed by atoms with Crippen molar-refractivity contribution in [3.05, 3.63) is 40.0 Å². The molecule has 1 aliphatic carbocycles. The van der Waals surface area contributed by atoms with Crippen LogP contribution in [0.15, 0.2) is 28.7 Å². The smallest absolute Gasteiger partial charge is 0.0958 e. The Labute approximate surface area is 129 Å². The van der Waals surface area contributed by atoms with Crippen LogP contribution in [0.1, 0.15) is 56.7 Å². The highest BCUT2D eigenvalue weighted by Gasteiger charge is 2.31. The number of nitrogens with one attached hydrogen (secondary N) is 1. The van der Waals surface area contributed by atoms with Crippen LogP contribution in [0, 0.1) is 5.92 Å². The zero-order valence-electron chi connectivity index (χ0n) is 12.3. The van der Waals surface area contributed by atoms with Crippen LogP contribution in [0.4, 0.5) is 0 Å². The van der Waals surface area contributed by atoms with Crippen LogP contribution in [0.3, 0.4) is 0 Å². The summed E-state index contributed by atoms with van der Waals surface area (Å²) in [5, 5.41) is 7.98. The van der Waals surface area contributed by atoms with Gasteiger partial charge in [0.2, 0.25) is 0 Å². The Kier molecular flexibility index (Phi) is 3.72. The predicted molar refractivity (Wildman–Crippen MR) is 87.0 cm³/mol. The highest BCUT2D eigenvalue weighted by Crippen LogP contribution is 2.44. The van der Waals surface area contributed by atoms with Gasteiger partial charge < -0.3 is 0 Å². The molecule has 3 heteroatoms. The van der Waals surface area contributed by atoms with E-state index in [0.29, 0.717) is 17.8 Å². The maximum atomic E-state index is 4.64. The molecule has 3 rings (SSSR count). The number of hydrogen-bond acceptors (Lipinski definition) is 1. The Morgan fingerprint density at radius 1 is 1.20 bits per heavy atom. The lowest BCUT2D eigenvalue weighted by Crippen LogP contribution is -2.16. The van der Waals surface area contributed by atoms with E-state index in [-0.39, 0.29) is 0 Å². The van der Waals surface area contributed by atoms with Crippen molar-refractivity contribution in [3.63, 3.8) is 0 Å². The number of aromatic amines is 1. The zero-order valence-corrected chi connectivity index (χ0v) is 13.9. The zero-order chi connectivity index (χ0) is 14.3. The number of halogens is 1. The summed E-state index contributed by atoms with van der Waals surface area (Å²) in [4.78, 5) is 0. The molecule has 1 heterocycles. The summed E-state index contributed by atoms with van der Waals surface area (Å²) in [5.41, 5.74) is 5.17. The monoisotopic (exact) mass is 332 g/mol. The fraction of sp³-hybridized carbons (Fsp3) is 0.471. The minimum atomic E-state index is 0.595. The van der Waals surface area contributed by atoms with Gasteiger partial charge in [-0.3, -0.25) is 5.10 Å². The van der Waals surface area contributed by atoms with E-state index in [4.69, 9.17) is 0 Å². The van der Waals surface area contributed by atoms with Crippen LogP contribution in [-0.2, 0) is 0 Å². The number of rotatable bonds is 2. The van der Waals surface area contributed by atoms with Gasteiger partial charge in [0.15, 0.2) is 0 Å². The summed E-state index contributed by atoms with van der Waals surface area (Å²) in [5.74, 6) is 1.88.